The molecule has 1 aliphatic heterocycles. The van der Waals surface area contributed by atoms with Gasteiger partial charge in [0.05, 0.1) is 11.5 Å². The number of benzene rings is 1. The summed E-state index contributed by atoms with van der Waals surface area (Å²) in [4.78, 5) is 35.3. The van der Waals surface area contributed by atoms with Gasteiger partial charge in [-0.15, -0.1) is 0 Å². The number of halogens is 2. The van der Waals surface area contributed by atoms with Crippen LogP contribution in [-0.4, -0.2) is 42.3 Å². The number of hydrogen-bond acceptors (Lipinski definition) is 6. The van der Waals surface area contributed by atoms with E-state index in [-0.39, 0.29) is 0 Å². The first-order valence-corrected chi connectivity index (χ1v) is 10.9. The lowest BCUT2D eigenvalue weighted by atomic mass is 9.65. The molecule has 1 fully saturated rings. The molecule has 0 bridgehead atoms. The van der Waals surface area contributed by atoms with Gasteiger partial charge in [0, 0.05) is 23.1 Å². The number of nitriles is 1. The second-order valence-electron chi connectivity index (χ2n) is 8.13. The Kier molecular flexibility index (Phi) is 6.83. The SMILES string of the molecule is CNC(=O)C(=O)N[C@@H](C)CC1(C#N)CCC2(CC1)OC(=O)NN=C2c1cc(F)ccc1Br. The lowest BCUT2D eigenvalue weighted by molar-refractivity contribution is -0.139. The van der Waals surface area contributed by atoms with Gasteiger partial charge in [-0.1, -0.05) is 15.9 Å². The van der Waals surface area contributed by atoms with Crippen molar-refractivity contribution >= 4 is 39.5 Å². The van der Waals surface area contributed by atoms with Crippen LogP contribution in [0.1, 0.15) is 44.6 Å². The van der Waals surface area contributed by atoms with Crippen molar-refractivity contribution in [3.63, 3.8) is 0 Å². The average molecular weight is 508 g/mol. The number of ether oxygens (including phenoxy) is 1. The fourth-order valence-electron chi connectivity index (χ4n) is 4.31. The second-order valence-corrected chi connectivity index (χ2v) is 8.98. The lowest BCUT2D eigenvalue weighted by Gasteiger charge is -2.45. The number of hydrazone groups is 1. The smallest absolute Gasteiger partial charge is 0.428 e. The second kappa shape index (κ2) is 9.24. The van der Waals surface area contributed by atoms with E-state index in [1.165, 1.54) is 19.2 Å². The van der Waals surface area contributed by atoms with Crippen LogP contribution in [0.25, 0.3) is 0 Å². The lowest BCUT2D eigenvalue weighted by Crippen LogP contribution is -2.54. The zero-order valence-corrected chi connectivity index (χ0v) is 19.2. The molecule has 3 rings (SSSR count). The quantitative estimate of drug-likeness (QED) is 0.538. The Bertz CT molecular complexity index is 1010. The third-order valence-corrected chi connectivity index (χ3v) is 6.61. The highest BCUT2D eigenvalue weighted by atomic mass is 79.9. The van der Waals surface area contributed by atoms with Gasteiger partial charge in [0.15, 0.2) is 5.60 Å². The van der Waals surface area contributed by atoms with Gasteiger partial charge in [0.1, 0.15) is 11.5 Å². The fourth-order valence-corrected chi connectivity index (χ4v) is 4.74. The highest BCUT2D eigenvalue weighted by Gasteiger charge is 2.51. The van der Waals surface area contributed by atoms with Crippen molar-refractivity contribution in [2.45, 2.75) is 50.7 Å². The molecule has 170 valence electrons. The molecule has 32 heavy (non-hydrogen) atoms. The highest BCUT2D eigenvalue weighted by Crippen LogP contribution is 2.47. The van der Waals surface area contributed by atoms with E-state index in [1.54, 1.807) is 13.0 Å². The molecule has 1 aromatic carbocycles. The minimum Gasteiger partial charge on any atom is -0.435 e. The highest BCUT2D eigenvalue weighted by molar-refractivity contribution is 9.10. The van der Waals surface area contributed by atoms with E-state index in [2.05, 4.69) is 43.2 Å². The summed E-state index contributed by atoms with van der Waals surface area (Å²) in [5.41, 5.74) is 1.24. The van der Waals surface area contributed by atoms with Gasteiger partial charge in [0.25, 0.3) is 0 Å². The summed E-state index contributed by atoms with van der Waals surface area (Å²) in [6.45, 7) is 1.73. The maximum Gasteiger partial charge on any atom is 0.428 e. The van der Waals surface area contributed by atoms with Crippen LogP contribution in [0, 0.1) is 22.6 Å². The number of rotatable bonds is 4. The maximum absolute atomic E-state index is 13.9. The molecule has 2 aliphatic rings. The van der Waals surface area contributed by atoms with E-state index in [4.69, 9.17) is 4.74 Å². The topological polar surface area (TPSA) is 133 Å². The molecule has 1 aliphatic carbocycles. The van der Waals surface area contributed by atoms with Gasteiger partial charge < -0.3 is 15.4 Å². The molecule has 0 radical (unpaired) electrons. The molecule has 3 N–H and O–H groups in total. The molecule has 3 amide bonds. The molecular formula is C21H23BrFN5O4. The zero-order valence-electron chi connectivity index (χ0n) is 17.6. The molecule has 0 unspecified atom stereocenters. The first-order chi connectivity index (χ1) is 15.1. The van der Waals surface area contributed by atoms with Crippen molar-refractivity contribution < 1.29 is 23.5 Å². The summed E-state index contributed by atoms with van der Waals surface area (Å²) < 4.78 is 20.2. The van der Waals surface area contributed by atoms with Gasteiger partial charge >= 0.3 is 17.9 Å². The standard InChI is InChI=1S/C21H23BrFN5O4/c1-12(26-18(30)17(29)25-2)10-20(11-24)5-7-21(8-6-20)16(27-28-19(31)32-21)14-9-13(23)3-4-15(14)22/h3-4,9,12H,5-8,10H2,1-2H3,(H,25,29)(H,26,30)(H,28,31)/t12-,20?,21?/m0/s1. The van der Waals surface area contributed by atoms with Crippen molar-refractivity contribution in [1.29, 1.82) is 5.26 Å². The molecular weight excluding hydrogens is 485 g/mol. The summed E-state index contributed by atoms with van der Waals surface area (Å²) in [6.07, 6.45) is 0.936. The van der Waals surface area contributed by atoms with Gasteiger partial charge in [0.2, 0.25) is 0 Å². The fraction of sp³-hybridized carbons (Fsp3) is 0.476. The predicted octanol–water partition coefficient (Wildman–Crippen LogP) is 2.50. The number of nitrogens with one attached hydrogen (secondary N) is 3. The molecule has 1 atom stereocenters. The third kappa shape index (κ3) is 4.75. The van der Waals surface area contributed by atoms with Gasteiger partial charge in [-0.2, -0.15) is 10.4 Å². The Morgan fingerprint density at radius 1 is 1.34 bits per heavy atom. The summed E-state index contributed by atoms with van der Waals surface area (Å²) in [7, 11) is 1.36. The number of likely N-dealkylation sites (N-methyl/N-ethyl adjacent to an activating group) is 1. The first-order valence-electron chi connectivity index (χ1n) is 10.1. The Morgan fingerprint density at radius 3 is 2.66 bits per heavy atom. The van der Waals surface area contributed by atoms with Crippen LogP contribution in [0.15, 0.2) is 27.8 Å². The van der Waals surface area contributed by atoms with Crippen LogP contribution in [0.5, 0.6) is 0 Å². The van der Waals surface area contributed by atoms with Crippen LogP contribution in [0.3, 0.4) is 0 Å². The largest absolute Gasteiger partial charge is 0.435 e. The number of hydrogen-bond donors (Lipinski definition) is 3. The van der Waals surface area contributed by atoms with Crippen LogP contribution in [0.4, 0.5) is 9.18 Å². The Hall–Kier alpha value is -3.00. The molecule has 0 aromatic heterocycles. The summed E-state index contributed by atoms with van der Waals surface area (Å²) in [5.74, 6) is -1.98. The van der Waals surface area contributed by atoms with E-state index in [9.17, 15) is 24.0 Å². The van der Waals surface area contributed by atoms with Crippen molar-refractivity contribution in [2.75, 3.05) is 7.05 Å². The average Bonchev–Trinajstić information content (AvgIpc) is 2.77. The third-order valence-electron chi connectivity index (χ3n) is 5.92. The molecule has 9 nitrogen and oxygen atoms in total. The van der Waals surface area contributed by atoms with Crippen LogP contribution >= 0.6 is 15.9 Å². The monoisotopic (exact) mass is 507 g/mol. The molecule has 0 saturated heterocycles. The van der Waals surface area contributed by atoms with Gasteiger partial charge in [-0.05, 0) is 57.2 Å². The van der Waals surface area contributed by atoms with Crippen LogP contribution in [0.2, 0.25) is 0 Å². The summed E-state index contributed by atoms with van der Waals surface area (Å²) >= 11 is 3.40. The number of amides is 3. The van der Waals surface area contributed by atoms with E-state index < -0.39 is 40.8 Å². The molecule has 1 saturated carbocycles. The van der Waals surface area contributed by atoms with Gasteiger partial charge in [-0.25, -0.2) is 14.6 Å². The van der Waals surface area contributed by atoms with E-state index in [0.29, 0.717) is 47.9 Å². The number of nitrogens with zero attached hydrogens (tertiary/aromatic N) is 2. The van der Waals surface area contributed by atoms with Crippen molar-refractivity contribution in [3.8, 4) is 6.07 Å². The molecule has 1 heterocycles. The Morgan fingerprint density at radius 2 is 2.03 bits per heavy atom. The van der Waals surface area contributed by atoms with Crippen LogP contribution < -0.4 is 16.1 Å². The van der Waals surface area contributed by atoms with Crippen molar-refractivity contribution in [3.05, 3.63) is 34.1 Å². The Labute approximate surface area is 192 Å². The first kappa shape index (κ1) is 23.7. The van der Waals surface area contributed by atoms with Crippen molar-refractivity contribution in [1.82, 2.24) is 16.1 Å². The van der Waals surface area contributed by atoms with Crippen molar-refractivity contribution in [2.24, 2.45) is 10.5 Å². The zero-order chi connectivity index (χ0) is 23.5. The maximum atomic E-state index is 13.9. The number of carbonyl (C=O) groups excluding carboxylic acids is 3. The molecule has 1 spiro atoms. The van der Waals surface area contributed by atoms with E-state index in [1.807, 2.05) is 0 Å². The van der Waals surface area contributed by atoms with E-state index in [0.717, 1.165) is 0 Å². The Balaban J connectivity index is 1.81. The normalized spacial score (nSPS) is 25.6. The minimum absolute atomic E-state index is 0.297. The summed E-state index contributed by atoms with van der Waals surface area (Å²) in [6, 6.07) is 6.10. The number of carbonyl (C=O) groups is 3. The molecule has 1 aromatic rings. The van der Waals surface area contributed by atoms with E-state index >= 15 is 0 Å². The van der Waals surface area contributed by atoms with Gasteiger partial charge in [-0.3, -0.25) is 9.59 Å². The molecule has 11 heteroatoms. The summed E-state index contributed by atoms with van der Waals surface area (Å²) in [5, 5.41) is 19.0. The van der Waals surface area contributed by atoms with Crippen LogP contribution in [-0.2, 0) is 14.3 Å². The minimum atomic E-state index is -1.10. The predicted molar refractivity (Wildman–Crippen MR) is 116 cm³/mol.